The van der Waals surface area contributed by atoms with E-state index < -0.39 is 36.4 Å². The minimum absolute atomic E-state index is 0.0264. The molecule has 5 rings (SSSR count). The number of ether oxygens (including phenoxy) is 2. The summed E-state index contributed by atoms with van der Waals surface area (Å²) in [5, 5.41) is 0. The Labute approximate surface area is 282 Å². The van der Waals surface area contributed by atoms with Crippen molar-refractivity contribution in [3.63, 3.8) is 0 Å². The highest BCUT2D eigenvalue weighted by Crippen LogP contribution is 2.28. The van der Waals surface area contributed by atoms with Gasteiger partial charge in [-0.2, -0.15) is 17.6 Å². The molecule has 0 heterocycles. The highest BCUT2D eigenvalue weighted by atomic mass is 79.9. The fraction of sp³-hybridized carbons (Fsp3) is 0.189. The molecule has 0 aliphatic heterocycles. The van der Waals surface area contributed by atoms with E-state index in [1.165, 1.54) is 56.3 Å². The molecule has 6 nitrogen and oxygen atoms in total. The second kappa shape index (κ2) is 16.2. The molecule has 0 unspecified atom stereocenters. The Bertz CT molecular complexity index is 1920. The van der Waals surface area contributed by atoms with Gasteiger partial charge in [0.1, 0.15) is 11.5 Å². The molecule has 4 aromatic rings. The number of hydrogen-bond acceptors (Lipinski definition) is 6. The quantitative estimate of drug-likeness (QED) is 0.0704. The lowest BCUT2D eigenvalue weighted by molar-refractivity contribution is -0.0509. The van der Waals surface area contributed by atoms with Crippen molar-refractivity contribution in [2.45, 2.75) is 39.9 Å². The summed E-state index contributed by atoms with van der Waals surface area (Å²) in [6.45, 7) is -2.83. The summed E-state index contributed by atoms with van der Waals surface area (Å²) >= 11 is 3.23. The van der Waals surface area contributed by atoms with E-state index in [1.807, 2.05) is 0 Å². The maximum Gasteiger partial charge on any atom is 0.387 e. The van der Waals surface area contributed by atoms with Gasteiger partial charge in [-0.1, -0.05) is 52.0 Å². The van der Waals surface area contributed by atoms with E-state index in [0.29, 0.717) is 27.1 Å². The van der Waals surface area contributed by atoms with Crippen LogP contribution >= 0.6 is 15.9 Å². The molecule has 0 N–H and O–H groups in total. The third-order valence-electron chi connectivity index (χ3n) is 6.93. The first kappa shape index (κ1) is 35.8. The number of benzene rings is 4. The molecule has 0 aromatic heterocycles. The summed E-state index contributed by atoms with van der Waals surface area (Å²) in [6, 6.07) is 20.9. The van der Waals surface area contributed by atoms with Crippen molar-refractivity contribution in [2.75, 3.05) is 0 Å². The van der Waals surface area contributed by atoms with Gasteiger partial charge in [0.15, 0.2) is 0 Å². The third-order valence-corrected chi connectivity index (χ3v) is 7.42. The molecule has 11 heteroatoms. The minimum Gasteiger partial charge on any atom is -0.435 e. The van der Waals surface area contributed by atoms with Crippen LogP contribution < -0.4 is 9.47 Å². The maximum atomic E-state index is 12.5. The normalized spacial score (nSPS) is 11.9. The van der Waals surface area contributed by atoms with E-state index in [9.17, 15) is 36.7 Å². The molecule has 0 saturated heterocycles. The van der Waals surface area contributed by atoms with Gasteiger partial charge in [-0.15, -0.1) is 0 Å². The summed E-state index contributed by atoms with van der Waals surface area (Å²) in [7, 11) is 0. The fourth-order valence-corrected chi connectivity index (χ4v) is 4.74. The first-order chi connectivity index (χ1) is 22.8. The minimum atomic E-state index is -2.95. The first-order valence-electron chi connectivity index (χ1n) is 14.5. The van der Waals surface area contributed by atoms with E-state index >= 15 is 0 Å². The molecule has 1 aliphatic rings. The van der Waals surface area contributed by atoms with Crippen molar-refractivity contribution in [3.8, 4) is 23.3 Å². The van der Waals surface area contributed by atoms with Gasteiger partial charge in [0.25, 0.3) is 0 Å². The van der Waals surface area contributed by atoms with Crippen LogP contribution in [0.25, 0.3) is 0 Å². The van der Waals surface area contributed by atoms with E-state index in [-0.39, 0.29) is 33.8 Å². The second-order valence-electron chi connectivity index (χ2n) is 10.7. The SMILES string of the molecule is Cc1cc(C(=O)C(=O)c2cccc(Br)c2)ccc1OC(F)F.Cc1cc(C(=O)C(=O)c2cccc(C#CC3CC3)c2)ccc1OC(F)F. The Balaban J connectivity index is 0.000000220. The number of halogens is 5. The van der Waals surface area contributed by atoms with Crippen LogP contribution in [0.4, 0.5) is 17.6 Å². The van der Waals surface area contributed by atoms with Gasteiger partial charge in [-0.25, -0.2) is 0 Å². The first-order valence-corrected chi connectivity index (χ1v) is 15.3. The summed E-state index contributed by atoms with van der Waals surface area (Å²) in [6.07, 6.45) is 2.21. The molecule has 0 radical (unpaired) electrons. The van der Waals surface area contributed by atoms with Crippen molar-refractivity contribution < 1.29 is 46.2 Å². The van der Waals surface area contributed by atoms with Crippen LogP contribution in [0.3, 0.4) is 0 Å². The molecular weight excluding hydrogens is 696 g/mol. The zero-order chi connectivity index (χ0) is 35.0. The number of carbonyl (C=O) groups is 4. The predicted octanol–water partition coefficient (Wildman–Crippen LogP) is 8.85. The van der Waals surface area contributed by atoms with Gasteiger partial charge in [-0.05, 0) is 98.5 Å². The average Bonchev–Trinajstić information content (AvgIpc) is 3.89. The molecule has 0 bridgehead atoms. The van der Waals surface area contributed by atoms with Crippen LogP contribution in [0.2, 0.25) is 0 Å². The molecule has 246 valence electrons. The van der Waals surface area contributed by atoms with Crippen LogP contribution in [-0.2, 0) is 0 Å². The van der Waals surface area contributed by atoms with Crippen LogP contribution in [-0.4, -0.2) is 36.4 Å². The van der Waals surface area contributed by atoms with Crippen LogP contribution in [0.15, 0.2) is 89.4 Å². The fourth-order valence-electron chi connectivity index (χ4n) is 4.34. The van der Waals surface area contributed by atoms with Gasteiger partial charge in [0.2, 0.25) is 23.1 Å². The number of hydrogen-bond donors (Lipinski definition) is 0. The maximum absolute atomic E-state index is 12.5. The molecule has 4 aromatic carbocycles. The van der Waals surface area contributed by atoms with Gasteiger partial charge in [0, 0.05) is 38.2 Å². The lowest BCUT2D eigenvalue weighted by atomic mass is 9.98. The number of ketones is 4. The molecule has 0 amide bonds. The van der Waals surface area contributed by atoms with E-state index in [2.05, 4.69) is 37.2 Å². The highest BCUT2D eigenvalue weighted by Gasteiger charge is 2.22. The largest absolute Gasteiger partial charge is 0.435 e. The zero-order valence-corrected chi connectivity index (χ0v) is 27.2. The molecule has 1 saturated carbocycles. The van der Waals surface area contributed by atoms with Crippen molar-refractivity contribution in [2.24, 2.45) is 5.92 Å². The summed E-state index contributed by atoms with van der Waals surface area (Å²) in [5.74, 6) is 3.77. The third kappa shape index (κ3) is 9.96. The Kier molecular flexibility index (Phi) is 12.0. The summed E-state index contributed by atoms with van der Waals surface area (Å²) in [4.78, 5) is 49.3. The number of rotatable bonds is 10. The lowest BCUT2D eigenvalue weighted by Crippen LogP contribution is -2.15. The van der Waals surface area contributed by atoms with Gasteiger partial charge < -0.3 is 9.47 Å². The summed E-state index contributed by atoms with van der Waals surface area (Å²) in [5.41, 5.74) is 2.16. The van der Waals surface area contributed by atoms with Gasteiger partial charge >= 0.3 is 13.2 Å². The predicted molar refractivity (Wildman–Crippen MR) is 173 cm³/mol. The zero-order valence-electron chi connectivity index (χ0n) is 25.6. The Morgan fingerprint density at radius 3 is 1.50 bits per heavy atom. The van der Waals surface area contributed by atoms with Crippen molar-refractivity contribution in [1.82, 2.24) is 0 Å². The van der Waals surface area contributed by atoms with Gasteiger partial charge in [0.05, 0.1) is 0 Å². The number of alkyl halides is 4. The van der Waals surface area contributed by atoms with Crippen LogP contribution in [0.5, 0.6) is 11.5 Å². The number of Topliss-reactive ketones (excluding diaryl/α,β-unsaturated/α-hetero) is 4. The molecule has 0 atom stereocenters. The molecule has 0 spiro atoms. The lowest BCUT2D eigenvalue weighted by Gasteiger charge is -2.09. The Hall–Kier alpha value is -5.08. The van der Waals surface area contributed by atoms with Crippen LogP contribution in [0, 0.1) is 31.6 Å². The van der Waals surface area contributed by atoms with E-state index in [1.54, 1.807) is 42.5 Å². The topological polar surface area (TPSA) is 86.7 Å². The van der Waals surface area contributed by atoms with Crippen molar-refractivity contribution in [3.05, 3.63) is 128 Å². The second-order valence-corrected chi connectivity index (χ2v) is 11.6. The smallest absolute Gasteiger partial charge is 0.387 e. The number of aryl methyl sites for hydroxylation is 2. The highest BCUT2D eigenvalue weighted by molar-refractivity contribution is 9.10. The van der Waals surface area contributed by atoms with E-state index in [0.717, 1.165) is 12.8 Å². The molecule has 1 fully saturated rings. The monoisotopic (exact) mass is 722 g/mol. The van der Waals surface area contributed by atoms with E-state index in [4.69, 9.17) is 0 Å². The molecule has 48 heavy (non-hydrogen) atoms. The average molecular weight is 724 g/mol. The molecular formula is C37H27BrF4O6. The standard InChI is InChI=1S/C21H16F2O3.C16H11BrF2O3/c1-13-11-17(9-10-18(13)26-21(22)23)20(25)19(24)16-4-2-3-15(12-16)8-7-14-5-6-14;1-9-7-11(5-6-13(9)22-16(18)19)15(21)14(20)10-3-2-4-12(17)8-10/h2-4,9-12,14,21H,5-6H2,1H3;2-8,16H,1H3. The molecule has 1 aliphatic carbocycles. The van der Waals surface area contributed by atoms with Gasteiger partial charge in [-0.3, -0.25) is 19.2 Å². The van der Waals surface area contributed by atoms with Crippen molar-refractivity contribution >= 4 is 39.1 Å². The Morgan fingerprint density at radius 1 is 0.646 bits per heavy atom. The summed E-state index contributed by atoms with van der Waals surface area (Å²) < 4.78 is 58.4. The van der Waals surface area contributed by atoms with Crippen molar-refractivity contribution in [1.29, 1.82) is 0 Å². The van der Waals surface area contributed by atoms with Crippen LogP contribution in [0.1, 0.15) is 71.0 Å². The number of carbonyl (C=O) groups excluding carboxylic acids is 4. The Morgan fingerprint density at radius 2 is 1.08 bits per heavy atom.